The smallest absolute Gasteiger partial charge is 0.210 e. The summed E-state index contributed by atoms with van der Waals surface area (Å²) in [6.45, 7) is 2.33. The summed E-state index contributed by atoms with van der Waals surface area (Å²) < 4.78 is 7.18. The van der Waals surface area contributed by atoms with Crippen LogP contribution in [0.2, 0.25) is 0 Å². The van der Waals surface area contributed by atoms with Crippen LogP contribution in [0.5, 0.6) is 5.75 Å². The molecule has 0 atom stereocenters. The van der Waals surface area contributed by atoms with Crippen molar-refractivity contribution in [1.29, 1.82) is 0 Å². The number of rotatable bonds is 6. The van der Waals surface area contributed by atoms with E-state index in [1.165, 1.54) is 15.8 Å². The fraction of sp³-hybridized carbons (Fsp3) is 0.176. The van der Waals surface area contributed by atoms with Crippen LogP contribution < -0.4 is 10.6 Å². The minimum Gasteiger partial charge on any atom is -0.486 e. The van der Waals surface area contributed by atoms with Crippen molar-refractivity contribution in [2.45, 2.75) is 24.4 Å². The van der Waals surface area contributed by atoms with Crippen molar-refractivity contribution in [3.8, 4) is 5.75 Å². The van der Waals surface area contributed by atoms with Gasteiger partial charge in [0.05, 0.1) is 0 Å². The Hall–Kier alpha value is -2.47. The Morgan fingerprint density at radius 1 is 1.04 bits per heavy atom. The van der Waals surface area contributed by atoms with Crippen LogP contribution in [0.25, 0.3) is 0 Å². The summed E-state index contributed by atoms with van der Waals surface area (Å²) in [5.41, 5.74) is 2.41. The SMILES string of the molecule is Cc1ccc(OCc2nnc(SCc3ccccc3)n2N)cc1. The topological polar surface area (TPSA) is 66.0 Å². The summed E-state index contributed by atoms with van der Waals surface area (Å²) in [6.07, 6.45) is 0. The van der Waals surface area contributed by atoms with Gasteiger partial charge in [-0.15, -0.1) is 10.2 Å². The van der Waals surface area contributed by atoms with Gasteiger partial charge in [0.25, 0.3) is 0 Å². The molecule has 118 valence electrons. The molecule has 0 spiro atoms. The lowest BCUT2D eigenvalue weighted by Crippen LogP contribution is -2.15. The summed E-state index contributed by atoms with van der Waals surface area (Å²) in [5, 5.41) is 8.91. The van der Waals surface area contributed by atoms with E-state index in [4.69, 9.17) is 10.6 Å². The number of aromatic nitrogens is 3. The van der Waals surface area contributed by atoms with E-state index in [-0.39, 0.29) is 0 Å². The fourth-order valence-electron chi connectivity index (χ4n) is 2.01. The van der Waals surface area contributed by atoms with E-state index in [1.807, 2.05) is 49.4 Å². The molecule has 0 aliphatic heterocycles. The maximum Gasteiger partial charge on any atom is 0.210 e. The van der Waals surface area contributed by atoms with Gasteiger partial charge >= 0.3 is 0 Å². The maximum absolute atomic E-state index is 6.05. The fourth-order valence-corrected chi connectivity index (χ4v) is 2.84. The molecule has 6 heteroatoms. The molecule has 23 heavy (non-hydrogen) atoms. The molecule has 0 fully saturated rings. The molecule has 3 rings (SSSR count). The number of benzene rings is 2. The Morgan fingerprint density at radius 3 is 2.52 bits per heavy atom. The molecule has 0 radical (unpaired) electrons. The Labute approximate surface area is 139 Å². The molecule has 0 saturated heterocycles. The van der Waals surface area contributed by atoms with Gasteiger partial charge in [-0.1, -0.05) is 59.8 Å². The first kappa shape index (κ1) is 15.4. The monoisotopic (exact) mass is 326 g/mol. The predicted octanol–water partition coefficient (Wildman–Crippen LogP) is 3.17. The number of nitrogen functional groups attached to an aromatic ring is 1. The minimum atomic E-state index is 0.290. The van der Waals surface area contributed by atoms with E-state index >= 15 is 0 Å². The van der Waals surface area contributed by atoms with E-state index in [2.05, 4.69) is 22.3 Å². The molecular formula is C17H18N4OS. The number of hydrogen-bond acceptors (Lipinski definition) is 5. The highest BCUT2D eigenvalue weighted by Crippen LogP contribution is 2.20. The highest BCUT2D eigenvalue weighted by atomic mass is 32.2. The molecule has 5 nitrogen and oxygen atoms in total. The predicted molar refractivity (Wildman–Crippen MR) is 91.7 cm³/mol. The Kier molecular flexibility index (Phi) is 4.83. The van der Waals surface area contributed by atoms with Gasteiger partial charge in [-0.3, -0.25) is 0 Å². The van der Waals surface area contributed by atoms with Gasteiger partial charge in [0.1, 0.15) is 12.4 Å². The van der Waals surface area contributed by atoms with Gasteiger partial charge in [0, 0.05) is 5.75 Å². The highest BCUT2D eigenvalue weighted by molar-refractivity contribution is 7.98. The lowest BCUT2D eigenvalue weighted by atomic mass is 10.2. The van der Waals surface area contributed by atoms with Gasteiger partial charge in [-0.2, -0.15) is 0 Å². The van der Waals surface area contributed by atoms with Gasteiger partial charge in [0.2, 0.25) is 5.16 Å². The number of thioether (sulfide) groups is 1. The van der Waals surface area contributed by atoms with Crippen molar-refractivity contribution in [2.75, 3.05) is 5.84 Å². The Balaban J connectivity index is 1.59. The standard InChI is InChI=1S/C17H18N4OS/c1-13-7-9-15(10-8-13)22-11-16-19-20-17(21(16)18)23-12-14-5-3-2-4-6-14/h2-10H,11-12,18H2,1H3. The summed E-state index contributed by atoms with van der Waals surface area (Å²) in [5.74, 6) is 8.23. The molecule has 2 N–H and O–H groups in total. The summed E-state index contributed by atoms with van der Waals surface area (Å²) in [4.78, 5) is 0. The van der Waals surface area contributed by atoms with E-state index in [1.54, 1.807) is 11.8 Å². The lowest BCUT2D eigenvalue weighted by Gasteiger charge is -2.06. The van der Waals surface area contributed by atoms with Gasteiger partial charge < -0.3 is 10.6 Å². The first-order valence-corrected chi connectivity index (χ1v) is 8.26. The number of hydrogen-bond donors (Lipinski definition) is 1. The summed E-state index contributed by atoms with van der Waals surface area (Å²) in [7, 11) is 0. The number of aryl methyl sites for hydroxylation is 1. The number of ether oxygens (including phenoxy) is 1. The van der Waals surface area contributed by atoms with E-state index in [9.17, 15) is 0 Å². The molecule has 0 aliphatic carbocycles. The summed E-state index contributed by atoms with van der Waals surface area (Å²) >= 11 is 1.55. The number of nitrogens with two attached hydrogens (primary N) is 1. The molecule has 1 aromatic heterocycles. The molecule has 0 aliphatic rings. The quantitative estimate of drug-likeness (QED) is 0.557. The lowest BCUT2D eigenvalue weighted by molar-refractivity contribution is 0.291. The van der Waals surface area contributed by atoms with Gasteiger partial charge in [0.15, 0.2) is 5.82 Å². The average molecular weight is 326 g/mol. The maximum atomic E-state index is 6.05. The molecule has 0 unspecified atom stereocenters. The van der Waals surface area contributed by atoms with Crippen molar-refractivity contribution < 1.29 is 4.74 Å². The van der Waals surface area contributed by atoms with Gasteiger partial charge in [-0.05, 0) is 24.6 Å². The molecule has 3 aromatic rings. The van der Waals surface area contributed by atoms with Crippen molar-refractivity contribution in [1.82, 2.24) is 14.9 Å². The Bertz CT molecular complexity index is 756. The van der Waals surface area contributed by atoms with Crippen LogP contribution in [0.3, 0.4) is 0 Å². The second-order valence-electron chi connectivity index (χ2n) is 5.14. The molecule has 2 aromatic carbocycles. The van der Waals surface area contributed by atoms with Crippen LogP contribution in [-0.4, -0.2) is 14.9 Å². The highest BCUT2D eigenvalue weighted by Gasteiger charge is 2.11. The zero-order valence-corrected chi connectivity index (χ0v) is 13.7. The first-order valence-electron chi connectivity index (χ1n) is 7.28. The average Bonchev–Trinajstić information content (AvgIpc) is 2.93. The third kappa shape index (κ3) is 4.04. The second kappa shape index (κ2) is 7.19. The van der Waals surface area contributed by atoms with Crippen LogP contribution in [0, 0.1) is 6.92 Å². The second-order valence-corrected chi connectivity index (χ2v) is 6.09. The van der Waals surface area contributed by atoms with E-state index in [0.717, 1.165) is 11.5 Å². The zero-order valence-electron chi connectivity index (χ0n) is 12.8. The number of nitrogens with zero attached hydrogens (tertiary/aromatic N) is 3. The van der Waals surface area contributed by atoms with Gasteiger partial charge in [-0.25, -0.2) is 4.68 Å². The van der Waals surface area contributed by atoms with Crippen LogP contribution >= 0.6 is 11.8 Å². The van der Waals surface area contributed by atoms with Crippen molar-refractivity contribution >= 4 is 11.8 Å². The molecule has 0 bridgehead atoms. The first-order chi connectivity index (χ1) is 11.2. The van der Waals surface area contributed by atoms with Crippen molar-refractivity contribution in [3.63, 3.8) is 0 Å². The summed E-state index contributed by atoms with van der Waals surface area (Å²) in [6, 6.07) is 18.0. The molecule has 0 amide bonds. The molecular weight excluding hydrogens is 308 g/mol. The van der Waals surface area contributed by atoms with Crippen molar-refractivity contribution in [2.24, 2.45) is 0 Å². The van der Waals surface area contributed by atoms with Crippen LogP contribution in [0.4, 0.5) is 0 Å². The minimum absolute atomic E-state index is 0.290. The van der Waals surface area contributed by atoms with Crippen LogP contribution in [-0.2, 0) is 12.4 Å². The normalized spacial score (nSPS) is 10.7. The Morgan fingerprint density at radius 2 is 1.78 bits per heavy atom. The van der Waals surface area contributed by atoms with E-state index in [0.29, 0.717) is 17.6 Å². The zero-order chi connectivity index (χ0) is 16.1. The third-order valence-corrected chi connectivity index (χ3v) is 4.35. The third-order valence-electron chi connectivity index (χ3n) is 3.33. The largest absolute Gasteiger partial charge is 0.486 e. The van der Waals surface area contributed by atoms with Crippen LogP contribution in [0.15, 0.2) is 59.8 Å². The molecule has 1 heterocycles. The van der Waals surface area contributed by atoms with Crippen molar-refractivity contribution in [3.05, 3.63) is 71.5 Å². The van der Waals surface area contributed by atoms with E-state index < -0.39 is 0 Å². The molecule has 0 saturated carbocycles. The van der Waals surface area contributed by atoms with Crippen LogP contribution in [0.1, 0.15) is 17.0 Å².